The molecule has 1 saturated carbocycles. The molecule has 1 aromatic carbocycles. The summed E-state index contributed by atoms with van der Waals surface area (Å²) in [5.41, 5.74) is 1.84. The van der Waals surface area contributed by atoms with E-state index < -0.39 is 0 Å². The molecule has 1 fully saturated rings. The van der Waals surface area contributed by atoms with Crippen LogP contribution in [0.25, 0.3) is 11.3 Å². The Morgan fingerprint density at radius 2 is 2.00 bits per heavy atom. The normalized spacial score (nSPS) is 17.1. The van der Waals surface area contributed by atoms with Gasteiger partial charge in [0, 0.05) is 10.9 Å². The summed E-state index contributed by atoms with van der Waals surface area (Å²) in [6.45, 7) is 0. The monoisotopic (exact) mass is 240 g/mol. The molecule has 2 aromatic rings. The standard InChI is InChI=1S/C14H12N2S/c15-10-14(7-4-8-14)13-16-12(9-17-13)11-5-2-1-3-6-11/h1-3,5-6,9H,4,7-8H2. The summed E-state index contributed by atoms with van der Waals surface area (Å²) < 4.78 is 0. The number of nitrogens with zero attached hydrogens (tertiary/aromatic N) is 2. The van der Waals surface area contributed by atoms with Crippen molar-refractivity contribution in [3.63, 3.8) is 0 Å². The quantitative estimate of drug-likeness (QED) is 0.801. The zero-order valence-corrected chi connectivity index (χ0v) is 10.2. The highest BCUT2D eigenvalue weighted by atomic mass is 32.1. The van der Waals surface area contributed by atoms with E-state index >= 15 is 0 Å². The molecule has 0 amide bonds. The lowest BCUT2D eigenvalue weighted by molar-refractivity contribution is 0.323. The summed E-state index contributed by atoms with van der Waals surface area (Å²) in [5, 5.41) is 12.3. The van der Waals surface area contributed by atoms with Crippen molar-refractivity contribution < 1.29 is 0 Å². The van der Waals surface area contributed by atoms with Gasteiger partial charge in [0.15, 0.2) is 0 Å². The molecule has 0 N–H and O–H groups in total. The Labute approximate surface area is 105 Å². The smallest absolute Gasteiger partial charge is 0.114 e. The SMILES string of the molecule is N#CC1(c2nc(-c3ccccc3)cs2)CCC1. The van der Waals surface area contributed by atoms with Gasteiger partial charge in [-0.2, -0.15) is 5.26 Å². The molecule has 3 rings (SSSR count). The van der Waals surface area contributed by atoms with Gasteiger partial charge in [0.25, 0.3) is 0 Å². The minimum atomic E-state index is -0.280. The van der Waals surface area contributed by atoms with Crippen LogP contribution in [0, 0.1) is 11.3 Å². The van der Waals surface area contributed by atoms with Gasteiger partial charge in [0.2, 0.25) is 0 Å². The second-order valence-electron chi connectivity index (χ2n) is 4.45. The molecule has 2 nitrogen and oxygen atoms in total. The van der Waals surface area contributed by atoms with Crippen LogP contribution >= 0.6 is 11.3 Å². The molecule has 3 heteroatoms. The van der Waals surface area contributed by atoms with Crippen LogP contribution in [0.4, 0.5) is 0 Å². The average Bonchev–Trinajstić information content (AvgIpc) is 2.80. The summed E-state index contributed by atoms with van der Waals surface area (Å²) >= 11 is 1.62. The highest BCUT2D eigenvalue weighted by Crippen LogP contribution is 2.44. The summed E-state index contributed by atoms with van der Waals surface area (Å²) in [6.07, 6.45) is 3.07. The maximum atomic E-state index is 9.29. The van der Waals surface area contributed by atoms with Gasteiger partial charge in [-0.3, -0.25) is 0 Å². The Bertz CT molecular complexity index is 561. The predicted octanol–water partition coefficient (Wildman–Crippen LogP) is 3.76. The van der Waals surface area contributed by atoms with Gasteiger partial charge in [-0.1, -0.05) is 30.3 Å². The number of nitriles is 1. The van der Waals surface area contributed by atoms with E-state index in [2.05, 4.69) is 28.6 Å². The lowest BCUT2D eigenvalue weighted by Crippen LogP contribution is -2.32. The van der Waals surface area contributed by atoms with Crippen molar-refractivity contribution in [3.8, 4) is 17.3 Å². The van der Waals surface area contributed by atoms with Gasteiger partial charge in [-0.15, -0.1) is 11.3 Å². The van der Waals surface area contributed by atoms with Crippen molar-refractivity contribution in [2.45, 2.75) is 24.7 Å². The van der Waals surface area contributed by atoms with Crippen LogP contribution < -0.4 is 0 Å². The third kappa shape index (κ3) is 1.65. The third-order valence-corrected chi connectivity index (χ3v) is 4.45. The van der Waals surface area contributed by atoms with Gasteiger partial charge in [-0.05, 0) is 19.3 Å². The van der Waals surface area contributed by atoms with Crippen LogP contribution in [0.1, 0.15) is 24.3 Å². The Morgan fingerprint density at radius 3 is 2.59 bits per heavy atom. The van der Waals surface area contributed by atoms with Crippen molar-refractivity contribution in [1.82, 2.24) is 4.98 Å². The number of benzene rings is 1. The first-order valence-electron chi connectivity index (χ1n) is 5.77. The van der Waals surface area contributed by atoms with Crippen LogP contribution in [0.3, 0.4) is 0 Å². The molecule has 0 aliphatic heterocycles. The van der Waals surface area contributed by atoms with E-state index in [4.69, 9.17) is 0 Å². The average molecular weight is 240 g/mol. The second-order valence-corrected chi connectivity index (χ2v) is 5.31. The minimum absolute atomic E-state index is 0.280. The first-order valence-corrected chi connectivity index (χ1v) is 6.65. The zero-order chi connectivity index (χ0) is 11.7. The predicted molar refractivity (Wildman–Crippen MR) is 68.7 cm³/mol. The first-order chi connectivity index (χ1) is 8.34. The summed E-state index contributed by atoms with van der Waals surface area (Å²) in [5.74, 6) is 0. The van der Waals surface area contributed by atoms with Crippen LogP contribution in [-0.4, -0.2) is 4.98 Å². The highest BCUT2D eigenvalue weighted by molar-refractivity contribution is 7.10. The molecule has 1 aliphatic carbocycles. The van der Waals surface area contributed by atoms with E-state index in [9.17, 15) is 5.26 Å². The van der Waals surface area contributed by atoms with Crippen molar-refractivity contribution >= 4 is 11.3 Å². The maximum absolute atomic E-state index is 9.29. The molecule has 17 heavy (non-hydrogen) atoms. The number of aromatic nitrogens is 1. The van der Waals surface area contributed by atoms with Gasteiger partial charge in [-0.25, -0.2) is 4.98 Å². The Kier molecular flexibility index (Phi) is 2.45. The molecule has 0 atom stereocenters. The fraction of sp³-hybridized carbons (Fsp3) is 0.286. The van der Waals surface area contributed by atoms with E-state index in [0.29, 0.717) is 0 Å². The van der Waals surface area contributed by atoms with Crippen LogP contribution in [0.5, 0.6) is 0 Å². The first kappa shape index (κ1) is 10.5. The van der Waals surface area contributed by atoms with Gasteiger partial charge in [0.1, 0.15) is 10.4 Å². The molecule has 1 aromatic heterocycles. The van der Waals surface area contributed by atoms with Gasteiger partial charge in [0.05, 0.1) is 11.8 Å². The zero-order valence-electron chi connectivity index (χ0n) is 9.39. The van der Waals surface area contributed by atoms with Crippen LogP contribution in [0.2, 0.25) is 0 Å². The Morgan fingerprint density at radius 1 is 1.24 bits per heavy atom. The molecule has 84 valence electrons. The molecule has 0 unspecified atom stereocenters. The minimum Gasteiger partial charge on any atom is -0.240 e. The van der Waals surface area contributed by atoms with E-state index in [1.54, 1.807) is 11.3 Å². The molecule has 0 spiro atoms. The van der Waals surface area contributed by atoms with E-state index in [1.807, 2.05) is 18.2 Å². The van der Waals surface area contributed by atoms with E-state index in [1.165, 1.54) is 0 Å². The Balaban J connectivity index is 1.97. The lowest BCUT2D eigenvalue weighted by Gasteiger charge is -2.32. The largest absolute Gasteiger partial charge is 0.240 e. The molecule has 1 aliphatic rings. The van der Waals surface area contributed by atoms with Crippen LogP contribution in [0.15, 0.2) is 35.7 Å². The Hall–Kier alpha value is -1.66. The lowest BCUT2D eigenvalue weighted by atomic mass is 9.70. The van der Waals surface area contributed by atoms with Crippen molar-refractivity contribution in [1.29, 1.82) is 5.26 Å². The van der Waals surface area contributed by atoms with Crippen LogP contribution in [-0.2, 0) is 5.41 Å². The number of hydrogen-bond donors (Lipinski definition) is 0. The van der Waals surface area contributed by atoms with Crippen molar-refractivity contribution in [2.75, 3.05) is 0 Å². The summed E-state index contributed by atoms with van der Waals surface area (Å²) in [7, 11) is 0. The third-order valence-electron chi connectivity index (χ3n) is 3.40. The molecule has 0 bridgehead atoms. The maximum Gasteiger partial charge on any atom is 0.114 e. The fourth-order valence-electron chi connectivity index (χ4n) is 2.14. The van der Waals surface area contributed by atoms with Gasteiger partial charge >= 0.3 is 0 Å². The van der Waals surface area contributed by atoms with Crippen molar-refractivity contribution in [3.05, 3.63) is 40.7 Å². The summed E-state index contributed by atoms with van der Waals surface area (Å²) in [4.78, 5) is 4.64. The molecular formula is C14H12N2S. The summed E-state index contributed by atoms with van der Waals surface area (Å²) in [6, 6.07) is 12.6. The van der Waals surface area contributed by atoms with Gasteiger partial charge < -0.3 is 0 Å². The van der Waals surface area contributed by atoms with Crippen molar-refractivity contribution in [2.24, 2.45) is 0 Å². The molecule has 0 saturated heterocycles. The highest BCUT2D eigenvalue weighted by Gasteiger charge is 2.41. The molecule has 1 heterocycles. The fourth-order valence-corrected chi connectivity index (χ4v) is 3.18. The van der Waals surface area contributed by atoms with E-state index in [0.717, 1.165) is 35.5 Å². The number of rotatable bonds is 2. The number of thiazole rings is 1. The second kappa shape index (κ2) is 3.97. The number of hydrogen-bond acceptors (Lipinski definition) is 3. The topological polar surface area (TPSA) is 36.7 Å². The molecule has 0 radical (unpaired) electrons. The molecular weight excluding hydrogens is 228 g/mol. The van der Waals surface area contributed by atoms with E-state index in [-0.39, 0.29) is 5.41 Å².